The van der Waals surface area contributed by atoms with Gasteiger partial charge in [0.2, 0.25) is 5.91 Å². The van der Waals surface area contributed by atoms with Crippen LogP contribution in [0.1, 0.15) is 11.3 Å². The highest BCUT2D eigenvalue weighted by Crippen LogP contribution is 2.22. The molecule has 20 heavy (non-hydrogen) atoms. The summed E-state index contributed by atoms with van der Waals surface area (Å²) in [6, 6.07) is 7.51. The maximum absolute atomic E-state index is 12.9. The van der Waals surface area contributed by atoms with Crippen LogP contribution in [0.15, 0.2) is 24.3 Å². The van der Waals surface area contributed by atoms with E-state index in [1.807, 2.05) is 31.2 Å². The van der Waals surface area contributed by atoms with Gasteiger partial charge in [0, 0.05) is 16.6 Å². The number of H-pyrrole nitrogens is 1. The molecule has 0 fully saturated rings. The Morgan fingerprint density at radius 1 is 1.40 bits per heavy atom. The maximum atomic E-state index is 12.9. The van der Waals surface area contributed by atoms with Gasteiger partial charge in [0.15, 0.2) is 0 Å². The summed E-state index contributed by atoms with van der Waals surface area (Å²) in [6.45, 7) is -0.298. The normalized spacial score (nSPS) is 11.8. The molecule has 0 saturated heterocycles. The smallest absolute Gasteiger partial charge is 0.287 e. The van der Waals surface area contributed by atoms with Gasteiger partial charge in [-0.1, -0.05) is 18.2 Å². The molecule has 3 N–H and O–H groups in total. The zero-order valence-corrected chi connectivity index (χ0v) is 11.0. The number of amides is 1. The van der Waals surface area contributed by atoms with Crippen molar-refractivity contribution in [1.82, 2.24) is 10.3 Å². The zero-order chi connectivity index (χ0) is 14.8. The van der Waals surface area contributed by atoms with Gasteiger partial charge in [0.25, 0.3) is 5.92 Å². The van der Waals surface area contributed by atoms with E-state index in [0.717, 1.165) is 22.2 Å². The van der Waals surface area contributed by atoms with Gasteiger partial charge in [-0.2, -0.15) is 0 Å². The largest absolute Gasteiger partial charge is 0.390 e. The minimum absolute atomic E-state index is 0.0252. The number of carbonyl (C=O) groups is 1. The number of hydrogen-bond acceptors (Lipinski definition) is 2. The molecule has 0 atom stereocenters. The molecule has 1 amide bonds. The SMILES string of the molecule is Cc1[nH]c2ccccc2c1CC(=O)NCC(F)(F)CO. The minimum atomic E-state index is -3.29. The second-order valence-electron chi connectivity index (χ2n) is 4.74. The van der Waals surface area contributed by atoms with Crippen molar-refractivity contribution >= 4 is 16.8 Å². The molecule has 0 saturated carbocycles. The lowest BCUT2D eigenvalue weighted by Crippen LogP contribution is -2.39. The predicted molar refractivity (Wildman–Crippen MR) is 71.8 cm³/mol. The first-order valence-electron chi connectivity index (χ1n) is 6.24. The second kappa shape index (κ2) is 5.58. The number of aliphatic hydroxyl groups is 1. The van der Waals surface area contributed by atoms with Crippen LogP contribution >= 0.6 is 0 Å². The molecule has 0 spiro atoms. The van der Waals surface area contributed by atoms with Gasteiger partial charge >= 0.3 is 0 Å². The molecule has 6 heteroatoms. The maximum Gasteiger partial charge on any atom is 0.287 e. The van der Waals surface area contributed by atoms with Crippen molar-refractivity contribution in [1.29, 1.82) is 0 Å². The summed E-state index contributed by atoms with van der Waals surface area (Å²) in [7, 11) is 0. The zero-order valence-electron chi connectivity index (χ0n) is 11.0. The predicted octanol–water partition coefficient (Wildman–Crippen LogP) is 1.76. The van der Waals surface area contributed by atoms with Crippen molar-refractivity contribution in [3.05, 3.63) is 35.5 Å². The van der Waals surface area contributed by atoms with Crippen molar-refractivity contribution in [3.63, 3.8) is 0 Å². The lowest BCUT2D eigenvalue weighted by molar-refractivity contribution is -0.123. The lowest BCUT2D eigenvalue weighted by atomic mass is 10.1. The Kier molecular flexibility index (Phi) is 4.04. The number of alkyl halides is 2. The second-order valence-corrected chi connectivity index (χ2v) is 4.74. The van der Waals surface area contributed by atoms with E-state index < -0.39 is 25.0 Å². The molecule has 0 aliphatic rings. The topological polar surface area (TPSA) is 65.1 Å². The van der Waals surface area contributed by atoms with Gasteiger partial charge in [-0.3, -0.25) is 4.79 Å². The van der Waals surface area contributed by atoms with Crippen molar-refractivity contribution in [2.45, 2.75) is 19.3 Å². The Bertz CT molecular complexity index is 623. The van der Waals surface area contributed by atoms with Crippen molar-refractivity contribution in [2.75, 3.05) is 13.2 Å². The number of nitrogens with one attached hydrogen (secondary N) is 2. The number of rotatable bonds is 5. The lowest BCUT2D eigenvalue weighted by Gasteiger charge is -2.13. The van der Waals surface area contributed by atoms with Crippen LogP contribution in [0.4, 0.5) is 8.78 Å². The third-order valence-electron chi connectivity index (χ3n) is 3.14. The molecule has 2 aromatic rings. The summed E-state index contributed by atoms with van der Waals surface area (Å²) in [5, 5.41) is 11.5. The van der Waals surface area contributed by atoms with Crippen LogP contribution in [0.3, 0.4) is 0 Å². The molecule has 1 aromatic heterocycles. The molecule has 0 aliphatic carbocycles. The van der Waals surface area contributed by atoms with Crippen LogP contribution < -0.4 is 5.32 Å². The highest BCUT2D eigenvalue weighted by atomic mass is 19.3. The molecule has 4 nitrogen and oxygen atoms in total. The van der Waals surface area contributed by atoms with Gasteiger partial charge in [-0.15, -0.1) is 0 Å². The molecule has 2 rings (SSSR count). The van der Waals surface area contributed by atoms with E-state index in [2.05, 4.69) is 10.3 Å². The number of carbonyl (C=O) groups excluding carboxylic acids is 1. The number of benzene rings is 1. The van der Waals surface area contributed by atoms with E-state index in [-0.39, 0.29) is 6.42 Å². The van der Waals surface area contributed by atoms with Gasteiger partial charge in [0.1, 0.15) is 6.61 Å². The summed E-state index contributed by atoms with van der Waals surface area (Å²) in [6.07, 6.45) is 0.0252. The van der Waals surface area contributed by atoms with Crippen molar-refractivity contribution in [2.24, 2.45) is 0 Å². The average Bonchev–Trinajstić information content (AvgIpc) is 2.73. The first-order valence-corrected chi connectivity index (χ1v) is 6.24. The number of hydrogen-bond donors (Lipinski definition) is 3. The van der Waals surface area contributed by atoms with Crippen LogP contribution in [0.25, 0.3) is 10.9 Å². The molecular weight excluding hydrogens is 266 g/mol. The van der Waals surface area contributed by atoms with Gasteiger partial charge in [-0.05, 0) is 18.6 Å². The molecule has 108 valence electrons. The van der Waals surface area contributed by atoms with Crippen LogP contribution in [0, 0.1) is 6.92 Å². The monoisotopic (exact) mass is 282 g/mol. The number of aromatic nitrogens is 1. The number of para-hydroxylation sites is 1. The van der Waals surface area contributed by atoms with E-state index in [1.54, 1.807) is 0 Å². The van der Waals surface area contributed by atoms with E-state index in [4.69, 9.17) is 5.11 Å². The Morgan fingerprint density at radius 2 is 2.10 bits per heavy atom. The standard InChI is InChI=1S/C14H16F2N2O2/c1-9-11(10-4-2-3-5-12(10)18-9)6-13(20)17-7-14(15,16)8-19/h2-5,18-19H,6-8H2,1H3,(H,17,20). The number of halogens is 2. The van der Waals surface area contributed by atoms with E-state index in [9.17, 15) is 13.6 Å². The van der Waals surface area contributed by atoms with Crippen molar-refractivity contribution < 1.29 is 18.7 Å². The summed E-state index contributed by atoms with van der Waals surface area (Å²) in [5.41, 5.74) is 2.55. The molecule has 0 aliphatic heterocycles. The average molecular weight is 282 g/mol. The van der Waals surface area contributed by atoms with Crippen LogP contribution in [0.2, 0.25) is 0 Å². The number of aromatic amines is 1. The van der Waals surface area contributed by atoms with Crippen LogP contribution in [0.5, 0.6) is 0 Å². The van der Waals surface area contributed by atoms with E-state index in [1.165, 1.54) is 0 Å². The Morgan fingerprint density at radius 3 is 2.80 bits per heavy atom. The van der Waals surface area contributed by atoms with Gasteiger partial charge in [0.05, 0.1) is 13.0 Å². The number of aliphatic hydroxyl groups excluding tert-OH is 1. The third kappa shape index (κ3) is 3.14. The molecule has 0 radical (unpaired) electrons. The van der Waals surface area contributed by atoms with Gasteiger partial charge < -0.3 is 15.4 Å². The Hall–Kier alpha value is -1.95. The molecule has 1 aromatic carbocycles. The van der Waals surface area contributed by atoms with Crippen LogP contribution in [-0.4, -0.2) is 35.1 Å². The fourth-order valence-electron chi connectivity index (χ4n) is 2.07. The first-order chi connectivity index (χ1) is 9.43. The van der Waals surface area contributed by atoms with E-state index in [0.29, 0.717) is 0 Å². The molecular formula is C14H16F2N2O2. The van der Waals surface area contributed by atoms with Gasteiger partial charge in [-0.25, -0.2) is 8.78 Å². The summed E-state index contributed by atoms with van der Waals surface area (Å²) in [4.78, 5) is 14.9. The molecule has 0 bridgehead atoms. The summed E-state index contributed by atoms with van der Waals surface area (Å²) in [5.74, 6) is -3.78. The van der Waals surface area contributed by atoms with Crippen LogP contribution in [-0.2, 0) is 11.2 Å². The molecule has 0 unspecified atom stereocenters. The van der Waals surface area contributed by atoms with Crippen molar-refractivity contribution in [3.8, 4) is 0 Å². The van der Waals surface area contributed by atoms with E-state index >= 15 is 0 Å². The highest BCUT2D eigenvalue weighted by Gasteiger charge is 2.28. The highest BCUT2D eigenvalue weighted by molar-refractivity contribution is 5.90. The quantitative estimate of drug-likeness (QED) is 0.782. The number of aryl methyl sites for hydroxylation is 1. The number of fused-ring (bicyclic) bond motifs is 1. The Labute approximate surface area is 114 Å². The fourth-order valence-corrected chi connectivity index (χ4v) is 2.07. The third-order valence-corrected chi connectivity index (χ3v) is 3.14. The minimum Gasteiger partial charge on any atom is -0.390 e. The summed E-state index contributed by atoms with van der Waals surface area (Å²) >= 11 is 0. The molecule has 1 heterocycles. The Balaban J connectivity index is 2.09. The fraction of sp³-hybridized carbons (Fsp3) is 0.357. The summed E-state index contributed by atoms with van der Waals surface area (Å²) < 4.78 is 25.7. The first kappa shape index (κ1) is 14.5.